The molecule has 2 rings (SSSR count). The summed E-state index contributed by atoms with van der Waals surface area (Å²) in [5.41, 5.74) is 1.29. The molecule has 1 heterocycles. The van der Waals surface area contributed by atoms with Crippen molar-refractivity contribution in [3.05, 3.63) is 30.3 Å². The number of hydrogen-bond acceptors (Lipinski definition) is 4. The van der Waals surface area contributed by atoms with E-state index in [-0.39, 0.29) is 5.75 Å². The van der Waals surface area contributed by atoms with Crippen LogP contribution in [0.2, 0.25) is 0 Å². The minimum Gasteiger partial charge on any atom is -0.369 e. The number of nitrogens with one attached hydrogen (secondary N) is 1. The second kappa shape index (κ2) is 8.50. The van der Waals surface area contributed by atoms with Gasteiger partial charge in [0.15, 0.2) is 0 Å². The lowest BCUT2D eigenvalue weighted by atomic mass is 10.2. The van der Waals surface area contributed by atoms with E-state index in [9.17, 15) is 8.42 Å². The fraction of sp³-hybridized carbons (Fsp3) is 0.625. The van der Waals surface area contributed by atoms with Crippen LogP contribution in [0.3, 0.4) is 0 Å². The van der Waals surface area contributed by atoms with Crippen molar-refractivity contribution in [1.82, 2.24) is 9.62 Å². The standard InChI is InChI=1S/C16H27N3O2S/c1-2-15-22(20,21)17-9-6-10-18-11-13-19(14-12-18)16-7-4-3-5-8-16/h3-5,7-8,17H,2,6,9-15H2,1H3. The molecule has 1 aliphatic rings. The molecule has 5 nitrogen and oxygen atoms in total. The molecular weight excluding hydrogens is 298 g/mol. The van der Waals surface area contributed by atoms with Crippen molar-refractivity contribution in [2.24, 2.45) is 0 Å². The Bertz CT molecular complexity index is 526. The Kier molecular flexibility index (Phi) is 6.67. The molecule has 1 aliphatic heterocycles. The van der Waals surface area contributed by atoms with Gasteiger partial charge in [-0.15, -0.1) is 0 Å². The van der Waals surface area contributed by atoms with Crippen LogP contribution in [-0.4, -0.2) is 58.3 Å². The molecule has 1 fully saturated rings. The predicted molar refractivity (Wildman–Crippen MR) is 91.8 cm³/mol. The SMILES string of the molecule is CCCS(=O)(=O)NCCCN1CCN(c2ccccc2)CC1. The van der Waals surface area contributed by atoms with Gasteiger partial charge in [0, 0.05) is 38.4 Å². The molecule has 1 aromatic carbocycles. The zero-order valence-electron chi connectivity index (χ0n) is 13.4. The lowest BCUT2D eigenvalue weighted by Crippen LogP contribution is -2.47. The molecule has 0 amide bonds. The van der Waals surface area contributed by atoms with Crippen molar-refractivity contribution >= 4 is 15.7 Å². The zero-order valence-corrected chi connectivity index (χ0v) is 14.2. The average Bonchev–Trinajstić information content (AvgIpc) is 2.53. The van der Waals surface area contributed by atoms with Gasteiger partial charge in [-0.2, -0.15) is 0 Å². The maximum absolute atomic E-state index is 11.6. The summed E-state index contributed by atoms with van der Waals surface area (Å²) in [5, 5.41) is 0. The first kappa shape index (κ1) is 17.2. The monoisotopic (exact) mass is 325 g/mol. The van der Waals surface area contributed by atoms with E-state index in [4.69, 9.17) is 0 Å². The molecule has 22 heavy (non-hydrogen) atoms. The second-order valence-corrected chi connectivity index (χ2v) is 7.66. The number of rotatable bonds is 8. The molecule has 124 valence electrons. The van der Waals surface area contributed by atoms with Crippen LogP contribution >= 0.6 is 0 Å². The highest BCUT2D eigenvalue weighted by Gasteiger charge is 2.16. The average molecular weight is 325 g/mol. The highest BCUT2D eigenvalue weighted by Crippen LogP contribution is 2.15. The van der Waals surface area contributed by atoms with Gasteiger partial charge >= 0.3 is 0 Å². The van der Waals surface area contributed by atoms with Gasteiger partial charge < -0.3 is 4.90 Å². The first-order valence-corrected chi connectivity index (χ1v) is 9.75. The first-order chi connectivity index (χ1) is 10.6. The highest BCUT2D eigenvalue weighted by atomic mass is 32.2. The van der Waals surface area contributed by atoms with Crippen molar-refractivity contribution in [3.63, 3.8) is 0 Å². The van der Waals surface area contributed by atoms with Gasteiger partial charge in [0.25, 0.3) is 0 Å². The Labute approximate surface area is 134 Å². The van der Waals surface area contributed by atoms with Gasteiger partial charge in [0.2, 0.25) is 10.0 Å². The second-order valence-electron chi connectivity index (χ2n) is 5.73. The van der Waals surface area contributed by atoms with Gasteiger partial charge in [0.05, 0.1) is 5.75 Å². The van der Waals surface area contributed by atoms with Gasteiger partial charge in [-0.1, -0.05) is 25.1 Å². The van der Waals surface area contributed by atoms with Crippen LogP contribution in [0.25, 0.3) is 0 Å². The van der Waals surface area contributed by atoms with Crippen LogP contribution in [0, 0.1) is 0 Å². The number of anilines is 1. The molecule has 1 N–H and O–H groups in total. The maximum Gasteiger partial charge on any atom is 0.211 e. The summed E-state index contributed by atoms with van der Waals surface area (Å²) in [6.07, 6.45) is 1.53. The van der Waals surface area contributed by atoms with E-state index in [0.29, 0.717) is 13.0 Å². The Morgan fingerprint density at radius 3 is 2.41 bits per heavy atom. The smallest absolute Gasteiger partial charge is 0.211 e. The van der Waals surface area contributed by atoms with E-state index in [1.54, 1.807) is 0 Å². The molecule has 0 bridgehead atoms. The first-order valence-electron chi connectivity index (χ1n) is 8.10. The Morgan fingerprint density at radius 2 is 1.77 bits per heavy atom. The number of para-hydroxylation sites is 1. The van der Waals surface area contributed by atoms with Crippen LogP contribution in [-0.2, 0) is 10.0 Å². The molecule has 1 aromatic rings. The molecule has 6 heteroatoms. The molecule has 0 aromatic heterocycles. The van der Waals surface area contributed by atoms with E-state index in [0.717, 1.165) is 39.1 Å². The molecule has 0 unspecified atom stereocenters. The molecule has 0 saturated carbocycles. The van der Waals surface area contributed by atoms with Crippen LogP contribution < -0.4 is 9.62 Å². The predicted octanol–water partition coefficient (Wildman–Crippen LogP) is 1.53. The zero-order chi connectivity index (χ0) is 15.8. The fourth-order valence-corrected chi connectivity index (χ4v) is 3.88. The van der Waals surface area contributed by atoms with Gasteiger partial charge in [0.1, 0.15) is 0 Å². The van der Waals surface area contributed by atoms with Gasteiger partial charge in [-0.25, -0.2) is 13.1 Å². The minimum absolute atomic E-state index is 0.225. The van der Waals surface area contributed by atoms with Gasteiger partial charge in [-0.05, 0) is 31.5 Å². The minimum atomic E-state index is -3.06. The Hall–Kier alpha value is -1.11. The van der Waals surface area contributed by atoms with Crippen LogP contribution in [0.15, 0.2) is 30.3 Å². The highest BCUT2D eigenvalue weighted by molar-refractivity contribution is 7.89. The van der Waals surface area contributed by atoms with Crippen molar-refractivity contribution < 1.29 is 8.42 Å². The van der Waals surface area contributed by atoms with Crippen molar-refractivity contribution in [2.75, 3.05) is 49.9 Å². The molecule has 0 aliphatic carbocycles. The number of nitrogens with zero attached hydrogens (tertiary/aromatic N) is 2. The summed E-state index contributed by atoms with van der Waals surface area (Å²) >= 11 is 0. The van der Waals surface area contributed by atoms with Crippen LogP contribution in [0.5, 0.6) is 0 Å². The van der Waals surface area contributed by atoms with Crippen molar-refractivity contribution in [2.45, 2.75) is 19.8 Å². The molecular formula is C16H27N3O2S. The van der Waals surface area contributed by atoms with Crippen molar-refractivity contribution in [1.29, 1.82) is 0 Å². The molecule has 1 saturated heterocycles. The third-order valence-corrected chi connectivity index (χ3v) is 5.53. The van der Waals surface area contributed by atoms with Crippen LogP contribution in [0.1, 0.15) is 19.8 Å². The molecule has 0 atom stereocenters. The largest absolute Gasteiger partial charge is 0.369 e. The van der Waals surface area contributed by atoms with E-state index in [2.05, 4.69) is 38.8 Å². The Balaban J connectivity index is 1.64. The number of piperazine rings is 1. The number of hydrogen-bond donors (Lipinski definition) is 1. The third-order valence-electron chi connectivity index (χ3n) is 3.94. The molecule has 0 spiro atoms. The van der Waals surface area contributed by atoms with E-state index >= 15 is 0 Å². The third kappa shape index (κ3) is 5.59. The lowest BCUT2D eigenvalue weighted by Gasteiger charge is -2.36. The fourth-order valence-electron chi connectivity index (χ4n) is 2.74. The topological polar surface area (TPSA) is 52.7 Å². The summed E-state index contributed by atoms with van der Waals surface area (Å²) in [6.45, 7) is 7.52. The van der Waals surface area contributed by atoms with E-state index in [1.807, 2.05) is 13.0 Å². The maximum atomic E-state index is 11.6. The van der Waals surface area contributed by atoms with E-state index in [1.165, 1.54) is 5.69 Å². The summed E-state index contributed by atoms with van der Waals surface area (Å²) in [4.78, 5) is 4.81. The van der Waals surface area contributed by atoms with Crippen LogP contribution in [0.4, 0.5) is 5.69 Å². The molecule has 0 radical (unpaired) electrons. The van der Waals surface area contributed by atoms with Crippen molar-refractivity contribution in [3.8, 4) is 0 Å². The number of sulfonamides is 1. The summed E-state index contributed by atoms with van der Waals surface area (Å²) < 4.78 is 25.8. The summed E-state index contributed by atoms with van der Waals surface area (Å²) in [6, 6.07) is 10.5. The lowest BCUT2D eigenvalue weighted by molar-refractivity contribution is 0.255. The van der Waals surface area contributed by atoms with E-state index < -0.39 is 10.0 Å². The Morgan fingerprint density at radius 1 is 1.09 bits per heavy atom. The quantitative estimate of drug-likeness (QED) is 0.737. The normalized spacial score (nSPS) is 16.9. The van der Waals surface area contributed by atoms with Gasteiger partial charge in [-0.3, -0.25) is 4.90 Å². The summed E-state index contributed by atoms with van der Waals surface area (Å²) in [7, 11) is -3.06. The number of benzene rings is 1. The summed E-state index contributed by atoms with van der Waals surface area (Å²) in [5.74, 6) is 0.225.